The number of nitrogens with zero attached hydrogens (tertiary/aromatic N) is 4. The number of tetrazole rings is 1. The fourth-order valence-corrected chi connectivity index (χ4v) is 1.56. The number of aliphatic carboxylic acids is 1. The molecule has 0 spiro atoms. The van der Waals surface area contributed by atoms with Gasteiger partial charge in [0.15, 0.2) is 0 Å². The third kappa shape index (κ3) is 3.15. The van der Waals surface area contributed by atoms with Crippen molar-refractivity contribution in [1.82, 2.24) is 20.2 Å². The molecular weight excluding hydrogens is 244 g/mol. The average molecular weight is 260 g/mol. The molecule has 1 heterocycles. The van der Waals surface area contributed by atoms with Gasteiger partial charge in [-0.05, 0) is 31.5 Å². The lowest BCUT2D eigenvalue weighted by Gasteiger charge is -2.15. The number of hydrogen-bond acceptors (Lipinski definition) is 4. The van der Waals surface area contributed by atoms with E-state index in [1.165, 1.54) is 0 Å². The van der Waals surface area contributed by atoms with Crippen molar-refractivity contribution in [2.45, 2.75) is 32.7 Å². The molecule has 0 atom stereocenters. The largest absolute Gasteiger partial charge is 0.481 e. The molecule has 0 radical (unpaired) electrons. The minimum Gasteiger partial charge on any atom is -0.481 e. The van der Waals surface area contributed by atoms with Crippen LogP contribution in [0.15, 0.2) is 24.3 Å². The first-order chi connectivity index (χ1) is 8.86. The van der Waals surface area contributed by atoms with Crippen molar-refractivity contribution < 1.29 is 9.90 Å². The third-order valence-electron chi connectivity index (χ3n) is 2.58. The van der Waals surface area contributed by atoms with Gasteiger partial charge in [0.1, 0.15) is 0 Å². The summed E-state index contributed by atoms with van der Waals surface area (Å²) in [4.78, 5) is 12.2. The fourth-order valence-electron chi connectivity index (χ4n) is 1.56. The van der Waals surface area contributed by atoms with Crippen molar-refractivity contribution in [3.63, 3.8) is 0 Å². The van der Waals surface area contributed by atoms with Crippen molar-refractivity contribution in [3.8, 4) is 11.4 Å². The lowest BCUT2D eigenvalue weighted by Crippen LogP contribution is -2.24. The molecule has 2 rings (SSSR count). The van der Waals surface area contributed by atoms with Crippen molar-refractivity contribution in [3.05, 3.63) is 29.8 Å². The van der Waals surface area contributed by atoms with Crippen LogP contribution in [0.4, 0.5) is 0 Å². The Morgan fingerprint density at radius 3 is 2.37 bits per heavy atom. The number of hydrogen-bond donors (Lipinski definition) is 1. The standard InChI is InChI=1S/C13H16N4O2/c1-13(2,3)17-15-12(14-16-17)10-6-4-9(5-7-10)8-11(18)19/h4-7H,8H2,1-3H3,(H,18,19). The average Bonchev–Trinajstić information content (AvgIpc) is 2.78. The van der Waals surface area contributed by atoms with E-state index >= 15 is 0 Å². The van der Waals surface area contributed by atoms with E-state index in [9.17, 15) is 4.79 Å². The molecule has 19 heavy (non-hydrogen) atoms. The topological polar surface area (TPSA) is 80.9 Å². The molecule has 100 valence electrons. The molecule has 0 aliphatic heterocycles. The molecule has 0 fully saturated rings. The van der Waals surface area contributed by atoms with Crippen molar-refractivity contribution >= 4 is 5.97 Å². The Hall–Kier alpha value is -2.24. The Morgan fingerprint density at radius 1 is 1.26 bits per heavy atom. The van der Waals surface area contributed by atoms with Crippen molar-refractivity contribution in [2.24, 2.45) is 0 Å². The fraction of sp³-hybridized carbons (Fsp3) is 0.385. The Morgan fingerprint density at radius 2 is 1.89 bits per heavy atom. The summed E-state index contributed by atoms with van der Waals surface area (Å²) in [6.07, 6.45) is 0.0163. The highest BCUT2D eigenvalue weighted by Gasteiger charge is 2.17. The van der Waals surface area contributed by atoms with Crippen LogP contribution in [0.2, 0.25) is 0 Å². The molecule has 0 aliphatic carbocycles. The van der Waals surface area contributed by atoms with Crippen LogP contribution in [0.25, 0.3) is 11.4 Å². The van der Waals surface area contributed by atoms with E-state index in [2.05, 4.69) is 15.4 Å². The van der Waals surface area contributed by atoms with Gasteiger partial charge in [-0.3, -0.25) is 4.79 Å². The van der Waals surface area contributed by atoms with Gasteiger partial charge in [0.05, 0.1) is 12.0 Å². The number of rotatable bonds is 3. The summed E-state index contributed by atoms with van der Waals surface area (Å²) in [6.45, 7) is 5.98. The van der Waals surface area contributed by atoms with Gasteiger partial charge >= 0.3 is 5.97 Å². The molecule has 0 aliphatic rings. The van der Waals surface area contributed by atoms with E-state index in [1.807, 2.05) is 32.9 Å². The van der Waals surface area contributed by atoms with Crippen LogP contribution in [-0.4, -0.2) is 31.3 Å². The van der Waals surface area contributed by atoms with Gasteiger partial charge in [-0.2, -0.15) is 4.80 Å². The highest BCUT2D eigenvalue weighted by atomic mass is 16.4. The Balaban J connectivity index is 2.23. The van der Waals surface area contributed by atoms with Gasteiger partial charge in [-0.1, -0.05) is 24.3 Å². The monoisotopic (exact) mass is 260 g/mol. The van der Waals surface area contributed by atoms with Crippen LogP contribution in [0.1, 0.15) is 26.3 Å². The molecule has 0 amide bonds. The Labute approximate surface area is 111 Å². The second-order valence-electron chi connectivity index (χ2n) is 5.34. The molecule has 2 aromatic rings. The van der Waals surface area contributed by atoms with Gasteiger partial charge in [0.2, 0.25) is 5.82 Å². The number of aromatic nitrogens is 4. The Kier molecular flexibility index (Phi) is 3.33. The van der Waals surface area contributed by atoms with E-state index in [0.717, 1.165) is 11.1 Å². The molecule has 1 aromatic carbocycles. The predicted octanol–water partition coefficient (Wildman–Crippen LogP) is 1.72. The van der Waals surface area contributed by atoms with Crippen LogP contribution in [0.3, 0.4) is 0 Å². The summed E-state index contributed by atoms with van der Waals surface area (Å²) in [5.74, 6) is -0.304. The number of carbonyl (C=O) groups is 1. The van der Waals surface area contributed by atoms with Gasteiger partial charge < -0.3 is 5.11 Å². The zero-order chi connectivity index (χ0) is 14.0. The summed E-state index contributed by atoms with van der Waals surface area (Å²) in [5, 5.41) is 21.1. The minimum absolute atomic E-state index is 0.0163. The first-order valence-electron chi connectivity index (χ1n) is 5.98. The van der Waals surface area contributed by atoms with Gasteiger partial charge in [0.25, 0.3) is 0 Å². The Bertz CT molecular complexity index is 581. The van der Waals surface area contributed by atoms with Crippen molar-refractivity contribution in [1.29, 1.82) is 0 Å². The summed E-state index contributed by atoms with van der Waals surface area (Å²) < 4.78 is 0. The molecule has 6 heteroatoms. The lowest BCUT2D eigenvalue weighted by molar-refractivity contribution is -0.136. The second kappa shape index (κ2) is 4.79. The van der Waals surface area contributed by atoms with Gasteiger partial charge in [-0.25, -0.2) is 0 Å². The first-order valence-corrected chi connectivity index (χ1v) is 5.98. The van der Waals surface area contributed by atoms with E-state index in [0.29, 0.717) is 5.82 Å². The van der Waals surface area contributed by atoms with Gasteiger partial charge in [0, 0.05) is 5.56 Å². The van der Waals surface area contributed by atoms with Crippen LogP contribution in [0, 0.1) is 0 Å². The number of carboxylic acid groups (broad SMARTS) is 1. The molecule has 6 nitrogen and oxygen atoms in total. The maximum Gasteiger partial charge on any atom is 0.307 e. The number of carboxylic acids is 1. The third-order valence-corrected chi connectivity index (χ3v) is 2.58. The molecule has 0 saturated carbocycles. The molecule has 0 unspecified atom stereocenters. The van der Waals surface area contributed by atoms with E-state index in [4.69, 9.17) is 5.11 Å². The zero-order valence-electron chi connectivity index (χ0n) is 11.2. The maximum absolute atomic E-state index is 10.6. The van der Waals surface area contributed by atoms with E-state index < -0.39 is 5.97 Å². The summed E-state index contributed by atoms with van der Waals surface area (Å²) >= 11 is 0. The SMILES string of the molecule is CC(C)(C)n1nnc(-c2ccc(CC(=O)O)cc2)n1. The van der Waals surface area contributed by atoms with Crippen LogP contribution >= 0.6 is 0 Å². The normalized spacial score (nSPS) is 11.5. The lowest BCUT2D eigenvalue weighted by atomic mass is 10.1. The van der Waals surface area contributed by atoms with Crippen LogP contribution in [-0.2, 0) is 16.8 Å². The smallest absolute Gasteiger partial charge is 0.307 e. The minimum atomic E-state index is -0.843. The first kappa shape index (κ1) is 13.2. The molecule has 0 bridgehead atoms. The predicted molar refractivity (Wildman–Crippen MR) is 69.6 cm³/mol. The van der Waals surface area contributed by atoms with Gasteiger partial charge in [-0.15, -0.1) is 10.2 Å². The van der Waals surface area contributed by atoms with E-state index in [1.54, 1.807) is 16.9 Å². The summed E-state index contributed by atoms with van der Waals surface area (Å²) in [5.41, 5.74) is 1.36. The molecule has 0 saturated heterocycles. The highest BCUT2D eigenvalue weighted by Crippen LogP contribution is 2.17. The van der Waals surface area contributed by atoms with E-state index in [-0.39, 0.29) is 12.0 Å². The highest BCUT2D eigenvalue weighted by molar-refractivity contribution is 5.70. The molecule has 1 aromatic heterocycles. The summed E-state index contributed by atoms with van der Waals surface area (Å²) in [7, 11) is 0. The van der Waals surface area contributed by atoms with Crippen molar-refractivity contribution in [2.75, 3.05) is 0 Å². The second-order valence-corrected chi connectivity index (χ2v) is 5.34. The molecular formula is C13H16N4O2. The summed E-state index contributed by atoms with van der Waals surface area (Å²) in [6, 6.07) is 7.15. The van der Waals surface area contributed by atoms with Crippen LogP contribution in [0.5, 0.6) is 0 Å². The van der Waals surface area contributed by atoms with Crippen LogP contribution < -0.4 is 0 Å². The maximum atomic E-state index is 10.6. The zero-order valence-corrected chi connectivity index (χ0v) is 11.2. The quantitative estimate of drug-likeness (QED) is 0.908. The molecule has 1 N–H and O–H groups in total. The number of benzene rings is 1.